The van der Waals surface area contributed by atoms with Gasteiger partial charge in [0.2, 0.25) is 0 Å². The summed E-state index contributed by atoms with van der Waals surface area (Å²) in [5.74, 6) is -0.279. The van der Waals surface area contributed by atoms with E-state index in [0.717, 1.165) is 24.0 Å². The highest BCUT2D eigenvalue weighted by Gasteiger charge is 2.23. The van der Waals surface area contributed by atoms with E-state index >= 15 is 0 Å². The summed E-state index contributed by atoms with van der Waals surface area (Å²) in [7, 11) is 0. The maximum Gasteiger partial charge on any atom is 0.341 e. The number of carbonyl (C=O) groups excluding carboxylic acids is 1. The Hall–Kier alpha value is -2.06. The molecular weight excluding hydrogens is 338 g/mol. The molecule has 6 nitrogen and oxygen atoms in total. The first kappa shape index (κ1) is 17.3. The van der Waals surface area contributed by atoms with E-state index in [1.807, 2.05) is 0 Å². The molecule has 1 aromatic carbocycles. The second-order valence-electron chi connectivity index (χ2n) is 4.57. The highest BCUT2D eigenvalue weighted by Crippen LogP contribution is 2.37. The molecule has 0 amide bonds. The summed E-state index contributed by atoms with van der Waals surface area (Å²) < 4.78 is 0.525. The molecule has 1 aliphatic rings. The molecule has 1 aromatic rings. The molecule has 8 heteroatoms. The monoisotopic (exact) mass is 351 g/mol. The SMILES string of the molecule is O=C(O)C(C(=O)/C=C/c1cccc([N+](=O)[O-])c1)=C1SCCCS1. The zero-order chi connectivity index (χ0) is 16.8. The van der Waals surface area contributed by atoms with Gasteiger partial charge in [0.05, 0.1) is 9.16 Å². The van der Waals surface area contributed by atoms with Gasteiger partial charge in [0.1, 0.15) is 5.57 Å². The van der Waals surface area contributed by atoms with Crippen molar-refractivity contribution < 1.29 is 19.6 Å². The summed E-state index contributed by atoms with van der Waals surface area (Å²) in [5, 5.41) is 20.0. The molecule has 120 valence electrons. The van der Waals surface area contributed by atoms with Crippen LogP contribution >= 0.6 is 23.5 Å². The normalized spacial score (nSPS) is 14.7. The Balaban J connectivity index is 2.23. The minimum atomic E-state index is -1.25. The van der Waals surface area contributed by atoms with Crippen molar-refractivity contribution in [3.05, 3.63) is 55.8 Å². The minimum Gasteiger partial charge on any atom is -0.477 e. The van der Waals surface area contributed by atoms with Crippen LogP contribution in [0.5, 0.6) is 0 Å². The van der Waals surface area contributed by atoms with Crippen molar-refractivity contribution in [2.24, 2.45) is 0 Å². The molecule has 1 saturated heterocycles. The van der Waals surface area contributed by atoms with Gasteiger partial charge in [-0.25, -0.2) is 4.79 Å². The maximum atomic E-state index is 12.2. The molecule has 1 fully saturated rings. The number of benzene rings is 1. The molecule has 2 rings (SSSR count). The van der Waals surface area contributed by atoms with Crippen molar-refractivity contribution in [2.45, 2.75) is 6.42 Å². The first-order chi connectivity index (χ1) is 11.0. The molecule has 0 bridgehead atoms. The fourth-order valence-electron chi connectivity index (χ4n) is 1.87. The van der Waals surface area contributed by atoms with Gasteiger partial charge in [-0.15, -0.1) is 23.5 Å². The van der Waals surface area contributed by atoms with Crippen LogP contribution < -0.4 is 0 Å². The van der Waals surface area contributed by atoms with Crippen LogP contribution in [0.1, 0.15) is 12.0 Å². The number of rotatable bonds is 5. The van der Waals surface area contributed by atoms with Crippen LogP contribution in [-0.2, 0) is 9.59 Å². The molecular formula is C15H13NO5S2. The van der Waals surface area contributed by atoms with E-state index in [1.54, 1.807) is 6.07 Å². The number of hydrogen-bond acceptors (Lipinski definition) is 6. The van der Waals surface area contributed by atoms with Gasteiger partial charge in [-0.2, -0.15) is 0 Å². The van der Waals surface area contributed by atoms with E-state index in [9.17, 15) is 24.8 Å². The Bertz CT molecular complexity index is 704. The molecule has 0 atom stereocenters. The summed E-state index contributed by atoms with van der Waals surface area (Å²) >= 11 is 2.75. The van der Waals surface area contributed by atoms with Crippen LogP contribution in [0.25, 0.3) is 6.08 Å². The van der Waals surface area contributed by atoms with Gasteiger partial charge in [0, 0.05) is 12.1 Å². The van der Waals surface area contributed by atoms with Crippen molar-refractivity contribution in [2.75, 3.05) is 11.5 Å². The number of nitro benzene ring substituents is 1. The lowest BCUT2D eigenvalue weighted by Crippen LogP contribution is -2.13. The lowest BCUT2D eigenvalue weighted by atomic mass is 10.1. The number of non-ortho nitro benzene ring substituents is 1. The second kappa shape index (κ2) is 7.98. The molecule has 1 aliphatic heterocycles. The minimum absolute atomic E-state index is 0.0881. The molecule has 0 unspecified atom stereocenters. The van der Waals surface area contributed by atoms with Crippen LogP contribution in [0.4, 0.5) is 5.69 Å². The third-order valence-corrected chi connectivity index (χ3v) is 5.55. The first-order valence-electron chi connectivity index (χ1n) is 6.69. The Kier molecular flexibility index (Phi) is 6.00. The van der Waals surface area contributed by atoms with E-state index < -0.39 is 16.7 Å². The van der Waals surface area contributed by atoms with Crippen LogP contribution in [0.15, 0.2) is 40.2 Å². The van der Waals surface area contributed by atoms with Crippen molar-refractivity contribution in [1.82, 2.24) is 0 Å². The third-order valence-electron chi connectivity index (χ3n) is 2.93. The Morgan fingerprint density at radius 3 is 2.57 bits per heavy atom. The highest BCUT2D eigenvalue weighted by molar-refractivity contribution is 8.22. The number of allylic oxidation sites excluding steroid dienone is 1. The van der Waals surface area contributed by atoms with Crippen LogP contribution in [0, 0.1) is 10.1 Å². The van der Waals surface area contributed by atoms with Gasteiger partial charge in [0.25, 0.3) is 5.69 Å². The van der Waals surface area contributed by atoms with Crippen molar-refractivity contribution in [3.8, 4) is 0 Å². The van der Waals surface area contributed by atoms with Crippen LogP contribution in [0.3, 0.4) is 0 Å². The molecule has 23 heavy (non-hydrogen) atoms. The van der Waals surface area contributed by atoms with E-state index in [2.05, 4.69) is 0 Å². The molecule has 0 saturated carbocycles. The average Bonchev–Trinajstić information content (AvgIpc) is 2.54. The predicted molar refractivity (Wildman–Crippen MR) is 91.3 cm³/mol. The van der Waals surface area contributed by atoms with E-state index in [4.69, 9.17) is 0 Å². The fourth-order valence-corrected chi connectivity index (χ4v) is 4.49. The zero-order valence-electron chi connectivity index (χ0n) is 11.9. The largest absolute Gasteiger partial charge is 0.477 e. The number of nitrogens with zero attached hydrogens (tertiary/aromatic N) is 1. The number of hydrogen-bond donors (Lipinski definition) is 1. The van der Waals surface area contributed by atoms with Gasteiger partial charge in [-0.1, -0.05) is 18.2 Å². The smallest absolute Gasteiger partial charge is 0.341 e. The number of carboxylic acid groups (broad SMARTS) is 1. The number of nitro groups is 1. The molecule has 0 aromatic heterocycles. The van der Waals surface area contributed by atoms with E-state index in [0.29, 0.717) is 9.80 Å². The van der Waals surface area contributed by atoms with Crippen LogP contribution in [-0.4, -0.2) is 33.3 Å². The summed E-state index contributed by atoms with van der Waals surface area (Å²) in [5.41, 5.74) is 0.141. The van der Waals surface area contributed by atoms with Crippen LogP contribution in [0.2, 0.25) is 0 Å². The maximum absolute atomic E-state index is 12.2. The Labute approximate surface area is 140 Å². The quantitative estimate of drug-likeness (QED) is 0.286. The summed E-state index contributed by atoms with van der Waals surface area (Å²) in [6.07, 6.45) is 3.51. The second-order valence-corrected chi connectivity index (χ2v) is 7.04. The van der Waals surface area contributed by atoms with Gasteiger partial charge in [0.15, 0.2) is 5.78 Å². The Morgan fingerprint density at radius 1 is 1.26 bits per heavy atom. The standard InChI is InChI=1S/C15H13NO5S2/c17-12(13(14(18)19)15-22-7-2-8-23-15)6-5-10-3-1-4-11(9-10)16(20)21/h1,3-6,9H,2,7-8H2,(H,18,19)/b6-5+. The van der Waals surface area contributed by atoms with E-state index in [1.165, 1.54) is 47.8 Å². The highest BCUT2D eigenvalue weighted by atomic mass is 32.2. The molecule has 0 aliphatic carbocycles. The molecule has 0 radical (unpaired) electrons. The van der Waals surface area contributed by atoms with Gasteiger partial charge in [-0.3, -0.25) is 14.9 Å². The fraction of sp³-hybridized carbons (Fsp3) is 0.200. The predicted octanol–water partition coefficient (Wildman–Crippen LogP) is 3.34. The summed E-state index contributed by atoms with van der Waals surface area (Å²) in [6, 6.07) is 5.78. The van der Waals surface area contributed by atoms with Crippen molar-refractivity contribution >= 4 is 47.0 Å². The summed E-state index contributed by atoms with van der Waals surface area (Å²) in [4.78, 5) is 33.7. The van der Waals surface area contributed by atoms with Gasteiger partial charge >= 0.3 is 5.97 Å². The van der Waals surface area contributed by atoms with Gasteiger partial charge < -0.3 is 5.11 Å². The number of ketones is 1. The third kappa shape index (κ3) is 4.70. The van der Waals surface area contributed by atoms with Gasteiger partial charge in [-0.05, 0) is 29.6 Å². The zero-order valence-corrected chi connectivity index (χ0v) is 13.6. The van der Waals surface area contributed by atoms with Crippen molar-refractivity contribution in [1.29, 1.82) is 0 Å². The average molecular weight is 351 g/mol. The number of thioether (sulfide) groups is 2. The molecule has 1 heterocycles. The number of aliphatic carboxylic acids is 1. The summed E-state index contributed by atoms with van der Waals surface area (Å²) in [6.45, 7) is 0. The molecule has 1 N–H and O–H groups in total. The first-order valence-corrected chi connectivity index (χ1v) is 8.66. The topological polar surface area (TPSA) is 97.5 Å². The lowest BCUT2D eigenvalue weighted by Gasteiger charge is -2.14. The Morgan fingerprint density at radius 2 is 1.96 bits per heavy atom. The molecule has 0 spiro atoms. The lowest BCUT2D eigenvalue weighted by molar-refractivity contribution is -0.384. The van der Waals surface area contributed by atoms with Crippen molar-refractivity contribution in [3.63, 3.8) is 0 Å². The number of carboxylic acids is 1. The van der Waals surface area contributed by atoms with E-state index in [-0.39, 0.29) is 11.3 Å². The number of carbonyl (C=O) groups is 2.